The van der Waals surface area contributed by atoms with E-state index < -0.39 is 5.82 Å². The molecule has 14 heavy (non-hydrogen) atoms. The summed E-state index contributed by atoms with van der Waals surface area (Å²) in [5, 5.41) is 10.1. The number of nitrogens with one attached hydrogen (secondary N) is 1. The van der Waals surface area contributed by atoms with E-state index in [1.165, 1.54) is 6.07 Å². The van der Waals surface area contributed by atoms with Gasteiger partial charge in [0.2, 0.25) is 0 Å². The van der Waals surface area contributed by atoms with Gasteiger partial charge in [-0.3, -0.25) is 0 Å². The van der Waals surface area contributed by atoms with Gasteiger partial charge in [-0.15, -0.1) is 0 Å². The Morgan fingerprint density at radius 3 is 2.93 bits per heavy atom. The monoisotopic (exact) mass is 194 g/mol. The van der Waals surface area contributed by atoms with Crippen molar-refractivity contribution in [3.8, 4) is 5.75 Å². The molecule has 1 aromatic heterocycles. The topological polar surface area (TPSA) is 62.0 Å². The van der Waals surface area contributed by atoms with E-state index in [9.17, 15) is 9.50 Å². The largest absolute Gasteiger partial charge is 0.504 e. The molecule has 0 saturated heterocycles. The number of phenols is 1. The Hall–Kier alpha value is -1.55. The van der Waals surface area contributed by atoms with Crippen LogP contribution in [-0.2, 0) is 6.42 Å². The number of H-pyrrole nitrogens is 1. The summed E-state index contributed by atoms with van der Waals surface area (Å²) in [6, 6.07) is 2.84. The quantitative estimate of drug-likeness (QED) is 0.678. The first-order chi connectivity index (χ1) is 6.74. The van der Waals surface area contributed by atoms with Crippen LogP contribution in [0.3, 0.4) is 0 Å². The fourth-order valence-corrected chi connectivity index (χ4v) is 1.60. The molecule has 0 amide bonds. The average molecular weight is 194 g/mol. The van der Waals surface area contributed by atoms with E-state index in [0.29, 0.717) is 18.4 Å². The van der Waals surface area contributed by atoms with Crippen LogP contribution in [0.4, 0.5) is 4.39 Å². The van der Waals surface area contributed by atoms with Crippen LogP contribution in [-0.4, -0.2) is 16.6 Å². The Morgan fingerprint density at radius 2 is 2.21 bits per heavy atom. The number of halogens is 1. The summed E-state index contributed by atoms with van der Waals surface area (Å²) in [4.78, 5) is 2.96. The SMILES string of the molecule is NCCc1c[nH]c2ccc(F)c(O)c12. The first kappa shape index (κ1) is 9.02. The van der Waals surface area contributed by atoms with E-state index in [1.807, 2.05) is 0 Å². The number of fused-ring (bicyclic) bond motifs is 1. The molecule has 1 heterocycles. The zero-order valence-corrected chi connectivity index (χ0v) is 7.55. The summed E-state index contributed by atoms with van der Waals surface area (Å²) in [6.07, 6.45) is 2.37. The number of aromatic amines is 1. The number of phenolic OH excluding ortho intramolecular Hbond substituents is 1. The maximum absolute atomic E-state index is 13.1. The molecule has 1 aromatic carbocycles. The minimum atomic E-state index is -0.602. The zero-order valence-electron chi connectivity index (χ0n) is 7.55. The van der Waals surface area contributed by atoms with Gasteiger partial charge in [0.25, 0.3) is 0 Å². The first-order valence-corrected chi connectivity index (χ1v) is 4.41. The van der Waals surface area contributed by atoms with Gasteiger partial charge in [0.15, 0.2) is 11.6 Å². The fourth-order valence-electron chi connectivity index (χ4n) is 1.60. The standard InChI is InChI=1S/C10H11FN2O/c11-7-1-2-8-9(10(7)14)6(3-4-12)5-13-8/h1-2,5,13-14H,3-4,12H2. The molecule has 0 atom stereocenters. The van der Waals surface area contributed by atoms with Crippen LogP contribution in [0, 0.1) is 5.82 Å². The average Bonchev–Trinajstić information content (AvgIpc) is 2.57. The van der Waals surface area contributed by atoms with E-state index in [4.69, 9.17) is 5.73 Å². The third kappa shape index (κ3) is 1.24. The molecular formula is C10H11FN2O. The van der Waals surface area contributed by atoms with Gasteiger partial charge in [-0.05, 0) is 30.7 Å². The molecule has 4 heteroatoms. The molecule has 2 aromatic rings. The number of hydrogen-bond acceptors (Lipinski definition) is 2. The summed E-state index contributed by atoms with van der Waals surface area (Å²) in [6.45, 7) is 0.475. The zero-order chi connectivity index (χ0) is 10.1. The van der Waals surface area contributed by atoms with Gasteiger partial charge in [-0.2, -0.15) is 0 Å². The van der Waals surface area contributed by atoms with Crippen LogP contribution in [0.1, 0.15) is 5.56 Å². The molecule has 0 unspecified atom stereocenters. The van der Waals surface area contributed by atoms with E-state index >= 15 is 0 Å². The van der Waals surface area contributed by atoms with Gasteiger partial charge < -0.3 is 15.8 Å². The van der Waals surface area contributed by atoms with Gasteiger partial charge in [0, 0.05) is 17.1 Å². The molecule has 3 nitrogen and oxygen atoms in total. The molecule has 2 rings (SSSR count). The van der Waals surface area contributed by atoms with Crippen molar-refractivity contribution in [2.45, 2.75) is 6.42 Å². The first-order valence-electron chi connectivity index (χ1n) is 4.41. The van der Waals surface area contributed by atoms with Gasteiger partial charge >= 0.3 is 0 Å². The van der Waals surface area contributed by atoms with Crippen molar-refractivity contribution in [2.75, 3.05) is 6.54 Å². The molecule has 74 valence electrons. The van der Waals surface area contributed by atoms with Crippen molar-refractivity contribution >= 4 is 10.9 Å². The van der Waals surface area contributed by atoms with Crippen LogP contribution in [0.15, 0.2) is 18.3 Å². The highest BCUT2D eigenvalue weighted by atomic mass is 19.1. The Balaban J connectivity index is 2.69. The van der Waals surface area contributed by atoms with Crippen molar-refractivity contribution in [2.24, 2.45) is 5.73 Å². The molecular weight excluding hydrogens is 183 g/mol. The Labute approximate surface area is 80.4 Å². The number of benzene rings is 1. The van der Waals surface area contributed by atoms with Crippen LogP contribution in [0.5, 0.6) is 5.75 Å². The highest BCUT2D eigenvalue weighted by Gasteiger charge is 2.11. The smallest absolute Gasteiger partial charge is 0.165 e. The van der Waals surface area contributed by atoms with E-state index in [0.717, 1.165) is 11.1 Å². The van der Waals surface area contributed by atoms with Gasteiger partial charge in [0.05, 0.1) is 0 Å². The molecule has 0 saturated carbocycles. The van der Waals surface area contributed by atoms with Crippen molar-refractivity contribution < 1.29 is 9.50 Å². The van der Waals surface area contributed by atoms with E-state index in [-0.39, 0.29) is 5.75 Å². The molecule has 0 bridgehead atoms. The molecule has 0 aliphatic rings. The van der Waals surface area contributed by atoms with Gasteiger partial charge in [0.1, 0.15) is 0 Å². The summed E-state index contributed by atoms with van der Waals surface area (Å²) in [5.41, 5.74) is 6.99. The molecule has 0 aliphatic heterocycles. The van der Waals surface area contributed by atoms with Crippen molar-refractivity contribution in [3.05, 3.63) is 29.7 Å². The highest BCUT2D eigenvalue weighted by molar-refractivity contribution is 5.89. The molecule has 0 aliphatic carbocycles. The lowest BCUT2D eigenvalue weighted by Crippen LogP contribution is -2.01. The van der Waals surface area contributed by atoms with Crippen LogP contribution in [0.2, 0.25) is 0 Å². The predicted octanol–water partition coefficient (Wildman–Crippen LogP) is 1.51. The minimum absolute atomic E-state index is 0.299. The summed E-state index contributed by atoms with van der Waals surface area (Å²) >= 11 is 0. The molecule has 0 spiro atoms. The summed E-state index contributed by atoms with van der Waals surface area (Å²) in [7, 11) is 0. The Morgan fingerprint density at radius 1 is 1.43 bits per heavy atom. The maximum atomic E-state index is 13.1. The summed E-state index contributed by atoms with van der Waals surface area (Å²) < 4.78 is 13.1. The maximum Gasteiger partial charge on any atom is 0.165 e. The van der Waals surface area contributed by atoms with E-state index in [2.05, 4.69) is 4.98 Å². The predicted molar refractivity (Wildman–Crippen MR) is 52.7 cm³/mol. The normalized spacial score (nSPS) is 11.0. The van der Waals surface area contributed by atoms with Crippen molar-refractivity contribution in [1.82, 2.24) is 4.98 Å². The lowest BCUT2D eigenvalue weighted by atomic mass is 10.1. The second-order valence-corrected chi connectivity index (χ2v) is 3.17. The minimum Gasteiger partial charge on any atom is -0.504 e. The Kier molecular flexibility index (Phi) is 2.13. The number of aromatic hydroxyl groups is 1. The second-order valence-electron chi connectivity index (χ2n) is 3.17. The van der Waals surface area contributed by atoms with Crippen LogP contribution >= 0.6 is 0 Å². The lowest BCUT2D eigenvalue weighted by Gasteiger charge is -2.00. The third-order valence-corrected chi connectivity index (χ3v) is 2.27. The summed E-state index contributed by atoms with van der Waals surface area (Å²) in [5.74, 6) is -0.900. The number of hydrogen-bond donors (Lipinski definition) is 3. The second kappa shape index (κ2) is 3.31. The van der Waals surface area contributed by atoms with Gasteiger partial charge in [-0.1, -0.05) is 0 Å². The fraction of sp³-hybridized carbons (Fsp3) is 0.200. The number of nitrogens with two attached hydrogens (primary N) is 1. The number of aromatic nitrogens is 1. The lowest BCUT2D eigenvalue weighted by molar-refractivity contribution is 0.438. The molecule has 0 radical (unpaired) electrons. The van der Waals surface area contributed by atoms with Crippen molar-refractivity contribution in [1.29, 1.82) is 0 Å². The molecule has 4 N–H and O–H groups in total. The Bertz CT molecular complexity index is 464. The number of rotatable bonds is 2. The van der Waals surface area contributed by atoms with Crippen LogP contribution in [0.25, 0.3) is 10.9 Å². The van der Waals surface area contributed by atoms with Gasteiger partial charge in [-0.25, -0.2) is 4.39 Å². The van der Waals surface area contributed by atoms with Crippen LogP contribution < -0.4 is 5.73 Å². The molecule has 0 fully saturated rings. The van der Waals surface area contributed by atoms with E-state index in [1.54, 1.807) is 12.3 Å². The highest BCUT2D eigenvalue weighted by Crippen LogP contribution is 2.30. The van der Waals surface area contributed by atoms with Crippen molar-refractivity contribution in [3.63, 3.8) is 0 Å². The third-order valence-electron chi connectivity index (χ3n) is 2.27.